The molecule has 0 aromatic carbocycles. The molecule has 0 aromatic rings. The largest absolute Gasteiger partial charge is 0.330 e. The van der Waals surface area contributed by atoms with Crippen LogP contribution in [0.25, 0.3) is 0 Å². The lowest BCUT2D eigenvalue weighted by molar-refractivity contribution is 0.755. The maximum Gasteiger partial charge on any atom is -0.00768 e. The molecule has 0 bridgehead atoms. The van der Waals surface area contributed by atoms with Crippen molar-refractivity contribution < 1.29 is 4.70 Å². The molecule has 0 aliphatic heterocycles. The first-order chi connectivity index (χ1) is 2.91. The number of hydrogen-bond donors (Lipinski definition) is 2. The molecule has 7 heavy (non-hydrogen) atoms. The first-order valence-electron chi connectivity index (χ1n) is 2.32. The third-order valence-electron chi connectivity index (χ3n) is 0.658. The number of rotatable bonds is 3. The molecule has 3 heteroatoms. The monoisotopic (exact) mass is 108 g/mol. The van der Waals surface area contributed by atoms with Gasteiger partial charge in [0.15, 0.2) is 0 Å². The Morgan fingerprint density at radius 1 is 0.857 bits per heavy atom. The molecule has 0 heterocycles. The highest BCUT2D eigenvalue weighted by atomic mass is 19.0. The molecule has 46 valence electrons. The van der Waals surface area contributed by atoms with Crippen molar-refractivity contribution in [2.24, 2.45) is 11.5 Å². The molecule has 2 nitrogen and oxygen atoms in total. The van der Waals surface area contributed by atoms with Gasteiger partial charge >= 0.3 is 0 Å². The fourth-order valence-corrected chi connectivity index (χ4v) is 0.289. The number of nitrogens with two attached hydrogens (primary N) is 2. The van der Waals surface area contributed by atoms with Gasteiger partial charge in [-0.3, -0.25) is 4.70 Å². The van der Waals surface area contributed by atoms with Crippen LogP contribution in [-0.4, -0.2) is 13.1 Å². The fourth-order valence-electron chi connectivity index (χ4n) is 0.289. The van der Waals surface area contributed by atoms with E-state index < -0.39 is 0 Å². The average Bonchev–Trinajstić information content (AvgIpc) is 1.61. The van der Waals surface area contributed by atoms with Crippen LogP contribution >= 0.6 is 0 Å². The number of hydrogen-bond acceptors (Lipinski definition) is 2. The van der Waals surface area contributed by atoms with Crippen molar-refractivity contribution in [3.8, 4) is 0 Å². The molecule has 0 radical (unpaired) electrons. The summed E-state index contributed by atoms with van der Waals surface area (Å²) in [5.41, 5.74) is 10.3. The van der Waals surface area contributed by atoms with Crippen LogP contribution in [0.15, 0.2) is 0 Å². The molecule has 0 saturated heterocycles. The zero-order valence-corrected chi connectivity index (χ0v) is 4.39. The molecule has 0 spiro atoms. The summed E-state index contributed by atoms with van der Waals surface area (Å²) in [6.45, 7) is 1.55. The summed E-state index contributed by atoms with van der Waals surface area (Å²) in [4.78, 5) is 0. The molecule has 0 fully saturated rings. The summed E-state index contributed by atoms with van der Waals surface area (Å²) in [6.07, 6.45) is 2.13. The summed E-state index contributed by atoms with van der Waals surface area (Å²) >= 11 is 0. The molecule has 0 aliphatic rings. The average molecular weight is 108 g/mol. The van der Waals surface area contributed by atoms with Crippen molar-refractivity contribution in [3.05, 3.63) is 0 Å². The van der Waals surface area contributed by atoms with Crippen molar-refractivity contribution in [3.63, 3.8) is 0 Å². The molecule has 0 aromatic heterocycles. The van der Waals surface area contributed by atoms with Gasteiger partial charge in [-0.25, -0.2) is 0 Å². The summed E-state index contributed by atoms with van der Waals surface area (Å²) in [6, 6.07) is 0. The molecule has 0 unspecified atom stereocenters. The van der Waals surface area contributed by atoms with E-state index in [4.69, 9.17) is 11.5 Å². The van der Waals surface area contributed by atoms with Gasteiger partial charge < -0.3 is 11.5 Å². The normalized spacial score (nSPS) is 7.71. The molecule has 4 N–H and O–H groups in total. The van der Waals surface area contributed by atoms with Gasteiger partial charge in [-0.15, -0.1) is 0 Å². The van der Waals surface area contributed by atoms with E-state index in [0.29, 0.717) is 0 Å². The fraction of sp³-hybridized carbons (Fsp3) is 1.00. The Morgan fingerprint density at radius 2 is 1.14 bits per heavy atom. The molecule has 0 atom stereocenters. The van der Waals surface area contributed by atoms with Crippen LogP contribution in [-0.2, 0) is 0 Å². The van der Waals surface area contributed by atoms with E-state index in [1.165, 1.54) is 0 Å². The minimum Gasteiger partial charge on any atom is -0.330 e. The highest BCUT2D eigenvalue weighted by molar-refractivity contribution is 4.38. The van der Waals surface area contributed by atoms with Gasteiger partial charge in [0.1, 0.15) is 0 Å². The van der Waals surface area contributed by atoms with Gasteiger partial charge in [0.2, 0.25) is 0 Å². The van der Waals surface area contributed by atoms with Crippen LogP contribution in [0.2, 0.25) is 0 Å². The van der Waals surface area contributed by atoms with Gasteiger partial charge in [0.25, 0.3) is 0 Å². The second-order valence-electron chi connectivity index (χ2n) is 1.28. The number of halogens is 1. The highest BCUT2D eigenvalue weighted by Gasteiger charge is 1.75. The quantitative estimate of drug-likeness (QED) is 0.493. The van der Waals surface area contributed by atoms with Gasteiger partial charge in [-0.05, 0) is 25.9 Å². The van der Waals surface area contributed by atoms with Gasteiger partial charge in [0, 0.05) is 0 Å². The summed E-state index contributed by atoms with van der Waals surface area (Å²) < 4.78 is 0. The lowest BCUT2D eigenvalue weighted by Gasteiger charge is -1.87. The van der Waals surface area contributed by atoms with Crippen LogP contribution in [0, 0.1) is 0 Å². The Balaban J connectivity index is 0. The van der Waals surface area contributed by atoms with Crippen molar-refractivity contribution in [1.29, 1.82) is 0 Å². The topological polar surface area (TPSA) is 52.0 Å². The lowest BCUT2D eigenvalue weighted by atomic mass is 10.3. The first-order valence-corrected chi connectivity index (χ1v) is 2.32. The SMILES string of the molecule is F.NCCCCN. The molecular weight excluding hydrogens is 95.1 g/mol. The molecule has 0 amide bonds. The maximum atomic E-state index is 5.16. The van der Waals surface area contributed by atoms with E-state index in [1.54, 1.807) is 0 Å². The predicted octanol–water partition coefficient (Wildman–Crippen LogP) is -0.163. The van der Waals surface area contributed by atoms with E-state index >= 15 is 0 Å². The van der Waals surface area contributed by atoms with Crippen molar-refractivity contribution >= 4 is 0 Å². The van der Waals surface area contributed by atoms with Crippen LogP contribution in [0.5, 0.6) is 0 Å². The second kappa shape index (κ2) is 9.28. The van der Waals surface area contributed by atoms with Gasteiger partial charge in [-0.1, -0.05) is 0 Å². The van der Waals surface area contributed by atoms with E-state index in [2.05, 4.69) is 0 Å². The van der Waals surface area contributed by atoms with Crippen molar-refractivity contribution in [1.82, 2.24) is 0 Å². The molecular formula is C4H13FN2. The third kappa shape index (κ3) is 10.7. The predicted molar refractivity (Wildman–Crippen MR) is 29.8 cm³/mol. The lowest BCUT2D eigenvalue weighted by Crippen LogP contribution is -2.03. The first kappa shape index (κ1) is 9.97. The maximum absolute atomic E-state index is 5.16. The summed E-state index contributed by atoms with van der Waals surface area (Å²) in [5, 5.41) is 0. The molecule has 0 rings (SSSR count). The smallest absolute Gasteiger partial charge is 0.00768 e. The minimum atomic E-state index is 0. The Bertz CT molecular complexity index is 21.7. The van der Waals surface area contributed by atoms with Gasteiger partial charge in [-0.2, -0.15) is 0 Å². The van der Waals surface area contributed by atoms with E-state index in [0.717, 1.165) is 25.9 Å². The van der Waals surface area contributed by atoms with Crippen LogP contribution in [0.3, 0.4) is 0 Å². The zero-order chi connectivity index (χ0) is 4.83. The molecule has 0 aliphatic carbocycles. The molecule has 0 saturated carbocycles. The van der Waals surface area contributed by atoms with Crippen LogP contribution in [0.1, 0.15) is 12.8 Å². The summed E-state index contributed by atoms with van der Waals surface area (Å²) in [7, 11) is 0. The summed E-state index contributed by atoms with van der Waals surface area (Å²) in [5.74, 6) is 0. The van der Waals surface area contributed by atoms with E-state index in [-0.39, 0.29) is 4.70 Å². The van der Waals surface area contributed by atoms with Gasteiger partial charge in [0.05, 0.1) is 0 Å². The van der Waals surface area contributed by atoms with Crippen molar-refractivity contribution in [2.45, 2.75) is 12.8 Å². The van der Waals surface area contributed by atoms with Crippen LogP contribution < -0.4 is 11.5 Å². The Hall–Kier alpha value is -0.150. The van der Waals surface area contributed by atoms with Crippen LogP contribution in [0.4, 0.5) is 4.70 Å². The Labute approximate surface area is 43.2 Å². The minimum absolute atomic E-state index is 0. The van der Waals surface area contributed by atoms with E-state index in [1.807, 2.05) is 0 Å². The Morgan fingerprint density at radius 3 is 1.29 bits per heavy atom. The third-order valence-corrected chi connectivity index (χ3v) is 0.658. The number of unbranched alkanes of at least 4 members (excludes halogenated alkanes) is 1. The Kier molecular flexibility index (Phi) is 13.2. The van der Waals surface area contributed by atoms with Crippen molar-refractivity contribution in [2.75, 3.05) is 13.1 Å². The van der Waals surface area contributed by atoms with E-state index in [9.17, 15) is 0 Å². The standard InChI is InChI=1S/C4H12N2.FH/c5-3-1-2-4-6;/h1-6H2;1H. The second-order valence-corrected chi connectivity index (χ2v) is 1.28. The zero-order valence-electron chi connectivity index (χ0n) is 4.39. The highest BCUT2D eigenvalue weighted by Crippen LogP contribution is 1.77.